The minimum atomic E-state index is -2.60. The standard InChI is InChI=1S/C33H30O5Si/c1-37-30(35)27-28(21-13-7-5-8-14-21)32(22-15-9-6-10-16-22)24-19-20-26(33(32,29(27)34)31(36)38-2)39(3,4)25-18-12-11-17-23(24)25/h5-20,24,26H,1-4H3/t24-,26-,32?,33?/m0/s1. The number of rotatable bonds is 4. The van der Waals surface area contributed by atoms with Crippen LogP contribution in [0.1, 0.15) is 22.6 Å². The summed E-state index contributed by atoms with van der Waals surface area (Å²) in [6.45, 7) is 4.42. The van der Waals surface area contributed by atoms with E-state index < -0.39 is 48.1 Å². The van der Waals surface area contributed by atoms with Gasteiger partial charge in [0, 0.05) is 11.5 Å². The Kier molecular flexibility index (Phi) is 5.66. The van der Waals surface area contributed by atoms with Gasteiger partial charge >= 0.3 is 11.9 Å². The molecule has 0 radical (unpaired) electrons. The number of hydrogen-bond acceptors (Lipinski definition) is 5. The van der Waals surface area contributed by atoms with Crippen molar-refractivity contribution in [1.29, 1.82) is 0 Å². The largest absolute Gasteiger partial charge is 0.468 e. The average Bonchev–Trinajstić information content (AvgIpc) is 3.13. The van der Waals surface area contributed by atoms with E-state index in [1.807, 2.05) is 72.8 Å². The third-order valence-electron chi connectivity index (χ3n) is 9.24. The first-order valence-electron chi connectivity index (χ1n) is 13.1. The SMILES string of the molecule is COC(=O)C1=C(c2ccccc2)C2(c3ccccc3)[C@H]3C=C[C@@H](C2(C(=O)OC)C1=O)[Si](C)(C)c1ccccc13. The van der Waals surface area contributed by atoms with E-state index in [4.69, 9.17) is 9.47 Å². The third-order valence-corrected chi connectivity index (χ3v) is 13.3. The van der Waals surface area contributed by atoms with Gasteiger partial charge in [-0.15, -0.1) is 0 Å². The van der Waals surface area contributed by atoms with Gasteiger partial charge < -0.3 is 9.47 Å². The lowest BCUT2D eigenvalue weighted by Gasteiger charge is -2.54. The Labute approximate surface area is 229 Å². The van der Waals surface area contributed by atoms with Crippen LogP contribution in [0.5, 0.6) is 0 Å². The van der Waals surface area contributed by atoms with Crippen molar-refractivity contribution in [3.8, 4) is 0 Å². The molecular weight excluding hydrogens is 504 g/mol. The van der Waals surface area contributed by atoms with Crippen molar-refractivity contribution >= 4 is 36.6 Å². The maximum absolute atomic E-state index is 15.1. The molecule has 2 heterocycles. The van der Waals surface area contributed by atoms with Crippen LogP contribution < -0.4 is 5.19 Å². The first-order valence-corrected chi connectivity index (χ1v) is 16.2. The number of esters is 2. The molecule has 4 aliphatic rings. The van der Waals surface area contributed by atoms with Crippen LogP contribution in [0.3, 0.4) is 0 Å². The van der Waals surface area contributed by atoms with Gasteiger partial charge in [-0.05, 0) is 22.3 Å². The number of hydrogen-bond donors (Lipinski definition) is 0. The molecule has 6 heteroatoms. The Hall–Kier alpha value is -4.03. The van der Waals surface area contributed by atoms with Gasteiger partial charge in [-0.1, -0.05) is 115 Å². The summed E-state index contributed by atoms with van der Waals surface area (Å²) in [7, 11) is 0.0132. The van der Waals surface area contributed by atoms with Crippen LogP contribution in [0.2, 0.25) is 18.6 Å². The maximum atomic E-state index is 15.1. The molecule has 0 amide bonds. The van der Waals surface area contributed by atoms with E-state index in [1.54, 1.807) is 0 Å². The molecule has 2 aliphatic carbocycles. The van der Waals surface area contributed by atoms with Gasteiger partial charge in [0.1, 0.15) is 11.0 Å². The lowest BCUT2D eigenvalue weighted by atomic mass is 9.48. The quantitative estimate of drug-likeness (QED) is 0.156. The second kappa shape index (κ2) is 8.75. The molecule has 39 heavy (non-hydrogen) atoms. The van der Waals surface area contributed by atoms with Crippen LogP contribution in [0.25, 0.3) is 5.57 Å². The van der Waals surface area contributed by atoms with Crippen molar-refractivity contribution in [3.05, 3.63) is 119 Å². The molecule has 0 spiro atoms. The predicted molar refractivity (Wildman–Crippen MR) is 152 cm³/mol. The summed E-state index contributed by atoms with van der Waals surface area (Å²) in [5.41, 5.74) is -0.397. The fourth-order valence-electron chi connectivity index (χ4n) is 7.89. The van der Waals surface area contributed by atoms with Gasteiger partial charge in [-0.3, -0.25) is 9.59 Å². The Morgan fingerprint density at radius 2 is 1.41 bits per heavy atom. The van der Waals surface area contributed by atoms with Crippen LogP contribution in [0, 0.1) is 5.41 Å². The van der Waals surface area contributed by atoms with E-state index in [-0.39, 0.29) is 5.57 Å². The molecule has 3 aromatic carbocycles. The molecule has 5 nitrogen and oxygen atoms in total. The van der Waals surface area contributed by atoms with Gasteiger partial charge in [-0.25, -0.2) is 4.79 Å². The summed E-state index contributed by atoms with van der Waals surface area (Å²) in [5, 5.41) is 1.21. The molecule has 2 unspecified atom stereocenters. The first-order chi connectivity index (χ1) is 18.8. The Balaban J connectivity index is 1.91. The normalized spacial score (nSPS) is 27.9. The second-order valence-electron chi connectivity index (χ2n) is 11.1. The predicted octanol–water partition coefficient (Wildman–Crippen LogP) is 4.95. The summed E-state index contributed by atoms with van der Waals surface area (Å²) in [5.74, 6) is -2.28. The van der Waals surface area contributed by atoms with Crippen molar-refractivity contribution in [1.82, 2.24) is 0 Å². The van der Waals surface area contributed by atoms with Gasteiger partial charge in [-0.2, -0.15) is 0 Å². The van der Waals surface area contributed by atoms with E-state index in [2.05, 4.69) is 37.4 Å². The Bertz CT molecular complexity index is 1570. The maximum Gasteiger partial charge on any atom is 0.341 e. The van der Waals surface area contributed by atoms with Crippen LogP contribution in [-0.4, -0.2) is 40.0 Å². The molecule has 0 aromatic heterocycles. The minimum Gasteiger partial charge on any atom is -0.468 e. The van der Waals surface area contributed by atoms with E-state index in [9.17, 15) is 9.59 Å². The molecule has 4 atom stereocenters. The summed E-state index contributed by atoms with van der Waals surface area (Å²) in [6.07, 6.45) is 4.23. The Morgan fingerprint density at radius 1 is 0.795 bits per heavy atom. The molecule has 3 aromatic rings. The minimum absolute atomic E-state index is 0.0687. The van der Waals surface area contributed by atoms with Crippen molar-refractivity contribution in [2.75, 3.05) is 14.2 Å². The number of Topliss-reactive ketones (excluding diaryl/α,β-unsaturated/α-hetero) is 1. The Morgan fingerprint density at radius 3 is 2.05 bits per heavy atom. The number of carbonyl (C=O) groups excluding carboxylic acids is 3. The van der Waals surface area contributed by atoms with Crippen LogP contribution in [-0.2, 0) is 29.3 Å². The highest BCUT2D eigenvalue weighted by atomic mass is 28.3. The number of allylic oxidation sites excluding steroid dienone is 3. The summed E-state index contributed by atoms with van der Waals surface area (Å²) < 4.78 is 10.9. The second-order valence-corrected chi connectivity index (χ2v) is 15.7. The lowest BCUT2D eigenvalue weighted by molar-refractivity contribution is -0.160. The van der Waals surface area contributed by atoms with E-state index in [1.165, 1.54) is 19.4 Å². The van der Waals surface area contributed by atoms with Gasteiger partial charge in [0.05, 0.1) is 27.7 Å². The summed E-state index contributed by atoms with van der Waals surface area (Å²) in [4.78, 5) is 43.3. The van der Waals surface area contributed by atoms with Crippen molar-refractivity contribution in [2.24, 2.45) is 5.41 Å². The number of benzene rings is 3. The van der Waals surface area contributed by atoms with Crippen molar-refractivity contribution in [2.45, 2.75) is 30.0 Å². The molecule has 196 valence electrons. The highest BCUT2D eigenvalue weighted by Gasteiger charge is 2.79. The number of carbonyl (C=O) groups is 3. The van der Waals surface area contributed by atoms with Crippen LogP contribution in [0.15, 0.2) is 103 Å². The zero-order chi connectivity index (χ0) is 27.6. The molecule has 0 saturated carbocycles. The van der Waals surface area contributed by atoms with Gasteiger partial charge in [0.15, 0.2) is 5.78 Å². The smallest absolute Gasteiger partial charge is 0.341 e. The first kappa shape index (κ1) is 25.3. The number of ether oxygens (including phenoxy) is 2. The molecular formula is C33H30O5Si. The van der Waals surface area contributed by atoms with Crippen molar-refractivity contribution < 1.29 is 23.9 Å². The van der Waals surface area contributed by atoms with Crippen molar-refractivity contribution in [3.63, 3.8) is 0 Å². The molecule has 0 N–H and O–H groups in total. The zero-order valence-corrected chi connectivity index (χ0v) is 23.4. The summed E-state index contributed by atoms with van der Waals surface area (Å²) >= 11 is 0. The highest BCUT2D eigenvalue weighted by molar-refractivity contribution is 6.92. The topological polar surface area (TPSA) is 69.7 Å². The van der Waals surface area contributed by atoms with E-state index >= 15 is 4.79 Å². The molecule has 0 saturated heterocycles. The number of methoxy groups -OCH3 is 2. The monoisotopic (exact) mass is 534 g/mol. The van der Waals surface area contributed by atoms with Gasteiger partial charge in [0.25, 0.3) is 0 Å². The number of ketones is 1. The molecule has 2 aliphatic heterocycles. The molecule has 2 bridgehead atoms. The lowest BCUT2D eigenvalue weighted by Crippen LogP contribution is -2.63. The van der Waals surface area contributed by atoms with E-state index in [0.29, 0.717) is 11.1 Å². The third kappa shape index (κ3) is 2.92. The van der Waals surface area contributed by atoms with E-state index in [0.717, 1.165) is 11.1 Å². The molecule has 7 rings (SSSR count). The average molecular weight is 535 g/mol. The van der Waals surface area contributed by atoms with Gasteiger partial charge in [0.2, 0.25) is 0 Å². The highest BCUT2D eigenvalue weighted by Crippen LogP contribution is 2.73. The fraction of sp³-hybridized carbons (Fsp3) is 0.242. The molecule has 0 fully saturated rings. The fourth-order valence-corrected chi connectivity index (χ4v) is 11.9. The zero-order valence-electron chi connectivity index (χ0n) is 22.4. The van der Waals surface area contributed by atoms with Crippen LogP contribution >= 0.6 is 0 Å². The van der Waals surface area contributed by atoms with Crippen LogP contribution in [0.4, 0.5) is 0 Å². The summed E-state index contributed by atoms with van der Waals surface area (Å²) in [6, 6.07) is 27.5.